The molecule has 0 aliphatic heterocycles. The standard InChI is InChI=1S/C17H15N7O/c1-10-11(2)22-15-14(10)16(20-9-19-15)23-17(25)13-8-12(4-6-18-13)24-7-3-5-21-24/h3-9H,1-2H3,(H2,19,20,22,23,25). The topological polar surface area (TPSA) is 101 Å². The third-order valence-corrected chi connectivity index (χ3v) is 4.07. The van der Waals surface area contributed by atoms with Crippen LogP contribution >= 0.6 is 0 Å². The quantitative estimate of drug-likeness (QED) is 0.599. The van der Waals surface area contributed by atoms with Gasteiger partial charge in [-0.1, -0.05) is 0 Å². The summed E-state index contributed by atoms with van der Waals surface area (Å²) in [5.41, 5.74) is 3.73. The molecule has 0 aliphatic carbocycles. The van der Waals surface area contributed by atoms with Crippen LogP contribution in [0, 0.1) is 13.8 Å². The van der Waals surface area contributed by atoms with Crippen LogP contribution < -0.4 is 5.32 Å². The molecule has 4 heterocycles. The van der Waals surface area contributed by atoms with Gasteiger partial charge in [-0.3, -0.25) is 9.78 Å². The van der Waals surface area contributed by atoms with Crippen LogP contribution in [-0.4, -0.2) is 35.6 Å². The minimum absolute atomic E-state index is 0.282. The van der Waals surface area contributed by atoms with Crippen LogP contribution in [0.15, 0.2) is 43.1 Å². The van der Waals surface area contributed by atoms with E-state index >= 15 is 0 Å². The number of aromatic amines is 1. The van der Waals surface area contributed by atoms with Gasteiger partial charge in [-0.05, 0) is 37.6 Å². The Labute approximate surface area is 143 Å². The molecule has 8 heteroatoms. The highest BCUT2D eigenvalue weighted by atomic mass is 16.1. The molecule has 0 aliphatic rings. The lowest BCUT2D eigenvalue weighted by Gasteiger charge is -2.07. The smallest absolute Gasteiger partial charge is 0.275 e. The van der Waals surface area contributed by atoms with Gasteiger partial charge in [-0.15, -0.1) is 0 Å². The fourth-order valence-corrected chi connectivity index (χ4v) is 2.67. The minimum atomic E-state index is -0.341. The van der Waals surface area contributed by atoms with Crippen molar-refractivity contribution in [1.29, 1.82) is 0 Å². The summed E-state index contributed by atoms with van der Waals surface area (Å²) in [6.45, 7) is 3.92. The van der Waals surface area contributed by atoms with Crippen molar-refractivity contribution in [3.63, 3.8) is 0 Å². The van der Waals surface area contributed by atoms with E-state index in [0.717, 1.165) is 22.3 Å². The van der Waals surface area contributed by atoms with Gasteiger partial charge in [-0.25, -0.2) is 14.6 Å². The monoisotopic (exact) mass is 333 g/mol. The van der Waals surface area contributed by atoms with Crippen molar-refractivity contribution in [3.05, 3.63) is 60.1 Å². The third-order valence-electron chi connectivity index (χ3n) is 4.07. The van der Waals surface area contributed by atoms with E-state index in [2.05, 4.69) is 30.4 Å². The SMILES string of the molecule is Cc1[nH]c2ncnc(NC(=O)c3cc(-n4cccn4)ccn3)c2c1C. The van der Waals surface area contributed by atoms with Gasteiger partial charge < -0.3 is 10.3 Å². The van der Waals surface area contributed by atoms with Crippen LogP contribution in [0.25, 0.3) is 16.7 Å². The van der Waals surface area contributed by atoms with Crippen LogP contribution in [0.1, 0.15) is 21.7 Å². The Bertz CT molecular complexity index is 1070. The average Bonchev–Trinajstić information content (AvgIpc) is 3.25. The Morgan fingerprint density at radius 2 is 2.08 bits per heavy atom. The predicted octanol–water partition coefficient (Wildman–Crippen LogP) is 2.41. The van der Waals surface area contributed by atoms with Gasteiger partial charge >= 0.3 is 0 Å². The van der Waals surface area contributed by atoms with Gasteiger partial charge in [0.1, 0.15) is 23.5 Å². The van der Waals surface area contributed by atoms with Crippen LogP contribution in [0.4, 0.5) is 5.82 Å². The maximum absolute atomic E-state index is 12.6. The van der Waals surface area contributed by atoms with Crippen molar-refractivity contribution in [2.75, 3.05) is 5.32 Å². The van der Waals surface area contributed by atoms with E-state index in [1.807, 2.05) is 19.9 Å². The molecule has 0 radical (unpaired) electrons. The molecule has 0 fully saturated rings. The number of carbonyl (C=O) groups excluding carboxylic acids is 1. The number of pyridine rings is 1. The van der Waals surface area contributed by atoms with Gasteiger partial charge in [0.2, 0.25) is 0 Å². The molecule has 1 amide bonds. The summed E-state index contributed by atoms with van der Waals surface area (Å²) < 4.78 is 1.67. The Kier molecular flexibility index (Phi) is 3.50. The van der Waals surface area contributed by atoms with Crippen molar-refractivity contribution < 1.29 is 4.79 Å². The molecule has 0 spiro atoms. The first-order valence-corrected chi connectivity index (χ1v) is 7.71. The summed E-state index contributed by atoms with van der Waals surface area (Å²) in [6.07, 6.45) is 6.47. The Morgan fingerprint density at radius 3 is 2.88 bits per heavy atom. The van der Waals surface area contributed by atoms with Gasteiger partial charge in [0.15, 0.2) is 0 Å². The van der Waals surface area contributed by atoms with E-state index in [9.17, 15) is 4.79 Å². The van der Waals surface area contributed by atoms with Crippen molar-refractivity contribution in [2.24, 2.45) is 0 Å². The number of hydrogen-bond donors (Lipinski definition) is 2. The zero-order valence-electron chi connectivity index (χ0n) is 13.7. The Hall–Kier alpha value is -3.55. The first-order chi connectivity index (χ1) is 12.1. The molecule has 0 saturated heterocycles. The second-order valence-electron chi connectivity index (χ2n) is 5.62. The van der Waals surface area contributed by atoms with Crippen molar-refractivity contribution in [1.82, 2.24) is 29.7 Å². The van der Waals surface area contributed by atoms with Crippen LogP contribution in [0.3, 0.4) is 0 Å². The number of fused-ring (bicyclic) bond motifs is 1. The number of nitrogens with zero attached hydrogens (tertiary/aromatic N) is 5. The summed E-state index contributed by atoms with van der Waals surface area (Å²) in [4.78, 5) is 28.4. The second-order valence-corrected chi connectivity index (χ2v) is 5.62. The molecule has 4 aromatic rings. The van der Waals surface area contributed by atoms with E-state index in [-0.39, 0.29) is 11.6 Å². The second kappa shape index (κ2) is 5.82. The Balaban J connectivity index is 1.68. The van der Waals surface area contributed by atoms with Crippen LogP contribution in [-0.2, 0) is 0 Å². The predicted molar refractivity (Wildman–Crippen MR) is 92.7 cm³/mol. The number of carbonyl (C=O) groups is 1. The fourth-order valence-electron chi connectivity index (χ4n) is 2.67. The lowest BCUT2D eigenvalue weighted by molar-refractivity contribution is 0.102. The highest BCUT2D eigenvalue weighted by Gasteiger charge is 2.15. The molecule has 0 atom stereocenters. The summed E-state index contributed by atoms with van der Waals surface area (Å²) in [5, 5.41) is 7.79. The number of rotatable bonds is 3. The molecular formula is C17H15N7O. The lowest BCUT2D eigenvalue weighted by atomic mass is 10.2. The fraction of sp³-hybridized carbons (Fsp3) is 0.118. The van der Waals surface area contributed by atoms with Crippen molar-refractivity contribution >= 4 is 22.8 Å². The minimum Gasteiger partial charge on any atom is -0.343 e. The largest absolute Gasteiger partial charge is 0.343 e. The van der Waals surface area contributed by atoms with E-state index in [4.69, 9.17) is 0 Å². The zero-order valence-corrected chi connectivity index (χ0v) is 13.7. The van der Waals surface area contributed by atoms with Crippen LogP contribution in [0.5, 0.6) is 0 Å². The number of amides is 1. The molecule has 0 aromatic carbocycles. The lowest BCUT2D eigenvalue weighted by Crippen LogP contribution is -2.15. The number of anilines is 1. The van der Waals surface area contributed by atoms with E-state index in [0.29, 0.717) is 11.5 Å². The number of aromatic nitrogens is 6. The summed E-state index contributed by atoms with van der Waals surface area (Å²) in [5.74, 6) is 0.121. The number of nitrogens with one attached hydrogen (secondary N) is 2. The average molecular weight is 333 g/mol. The van der Waals surface area contributed by atoms with E-state index < -0.39 is 0 Å². The van der Waals surface area contributed by atoms with Crippen molar-refractivity contribution in [3.8, 4) is 5.69 Å². The first-order valence-electron chi connectivity index (χ1n) is 7.71. The maximum Gasteiger partial charge on any atom is 0.275 e. The number of hydrogen-bond acceptors (Lipinski definition) is 5. The third kappa shape index (κ3) is 2.63. The van der Waals surface area contributed by atoms with Gasteiger partial charge in [-0.2, -0.15) is 5.10 Å². The number of H-pyrrole nitrogens is 1. The highest BCUT2D eigenvalue weighted by molar-refractivity contribution is 6.07. The molecular weight excluding hydrogens is 318 g/mol. The molecule has 0 bridgehead atoms. The highest BCUT2D eigenvalue weighted by Crippen LogP contribution is 2.25. The molecule has 8 nitrogen and oxygen atoms in total. The van der Waals surface area contributed by atoms with Crippen LogP contribution in [0.2, 0.25) is 0 Å². The molecule has 4 rings (SSSR count). The molecule has 0 saturated carbocycles. The summed E-state index contributed by atoms with van der Waals surface area (Å²) >= 11 is 0. The molecule has 4 aromatic heterocycles. The summed E-state index contributed by atoms with van der Waals surface area (Å²) in [7, 11) is 0. The maximum atomic E-state index is 12.6. The van der Waals surface area contributed by atoms with Gasteiger partial charge in [0, 0.05) is 24.3 Å². The first kappa shape index (κ1) is 15.0. The number of aryl methyl sites for hydroxylation is 2. The molecule has 2 N–H and O–H groups in total. The normalized spacial score (nSPS) is 11.0. The van der Waals surface area contributed by atoms with Crippen molar-refractivity contribution in [2.45, 2.75) is 13.8 Å². The van der Waals surface area contributed by atoms with E-state index in [1.165, 1.54) is 6.33 Å². The molecule has 124 valence electrons. The molecule has 0 unspecified atom stereocenters. The van der Waals surface area contributed by atoms with Gasteiger partial charge in [0.25, 0.3) is 5.91 Å². The zero-order chi connectivity index (χ0) is 17.4. The summed E-state index contributed by atoms with van der Waals surface area (Å²) in [6, 6.07) is 5.27. The molecule has 25 heavy (non-hydrogen) atoms. The van der Waals surface area contributed by atoms with Gasteiger partial charge in [0.05, 0.1) is 11.1 Å². The van der Waals surface area contributed by atoms with E-state index in [1.54, 1.807) is 35.4 Å². The Morgan fingerprint density at radius 1 is 1.20 bits per heavy atom.